The van der Waals surface area contributed by atoms with Crippen LogP contribution < -0.4 is 5.32 Å². The minimum atomic E-state index is -0.485. The van der Waals surface area contributed by atoms with Gasteiger partial charge in [-0.05, 0) is 36.4 Å². The average molecular weight is 287 g/mol. The van der Waals surface area contributed by atoms with Gasteiger partial charge in [0.25, 0.3) is 0 Å². The van der Waals surface area contributed by atoms with Crippen LogP contribution in [0.4, 0.5) is 0 Å². The molecule has 0 fully saturated rings. The fourth-order valence-electron chi connectivity index (χ4n) is 2.07. The summed E-state index contributed by atoms with van der Waals surface area (Å²) in [6, 6.07) is 18.3. The van der Waals surface area contributed by atoms with Gasteiger partial charge in [0, 0.05) is 17.5 Å². The molecule has 0 aliphatic rings. The third-order valence-electron chi connectivity index (χ3n) is 3.40. The average Bonchev–Trinajstić information content (AvgIpc) is 2.53. The van der Waals surface area contributed by atoms with Crippen molar-refractivity contribution in [2.24, 2.45) is 0 Å². The van der Waals surface area contributed by atoms with Crippen molar-refractivity contribution in [3.63, 3.8) is 0 Å². The first-order chi connectivity index (χ1) is 9.70. The molecule has 106 valence electrons. The Labute approximate surface area is 125 Å². The molecule has 0 spiro atoms. The molecule has 3 heteroatoms. The Morgan fingerprint density at radius 3 is 2.30 bits per heavy atom. The highest BCUT2D eigenvalue weighted by molar-refractivity contribution is 7.98. The summed E-state index contributed by atoms with van der Waals surface area (Å²) in [6.07, 6.45) is 1.59. The van der Waals surface area contributed by atoms with Gasteiger partial charge in [-0.1, -0.05) is 42.5 Å². The standard InChI is InChI=1S/C17H21NOS/c1-13(17(19)15-6-4-3-5-7-15)18-12-14-8-10-16(20-2)11-9-14/h3-11,13,17-19H,12H2,1-2H3/t13-,17-/m1/s1. The molecule has 0 aromatic heterocycles. The maximum Gasteiger partial charge on any atom is 0.0940 e. The summed E-state index contributed by atoms with van der Waals surface area (Å²) in [5, 5.41) is 13.7. The van der Waals surface area contributed by atoms with Gasteiger partial charge < -0.3 is 10.4 Å². The molecule has 2 rings (SSSR count). The lowest BCUT2D eigenvalue weighted by molar-refractivity contribution is 0.135. The first-order valence-corrected chi connectivity index (χ1v) is 8.02. The lowest BCUT2D eigenvalue weighted by atomic mass is 10.0. The van der Waals surface area contributed by atoms with Gasteiger partial charge in [-0.2, -0.15) is 0 Å². The highest BCUT2D eigenvalue weighted by atomic mass is 32.2. The number of hydrogen-bond acceptors (Lipinski definition) is 3. The van der Waals surface area contributed by atoms with Gasteiger partial charge in [0.05, 0.1) is 6.10 Å². The molecule has 0 aliphatic carbocycles. The fraction of sp³-hybridized carbons (Fsp3) is 0.294. The molecule has 2 nitrogen and oxygen atoms in total. The van der Waals surface area contributed by atoms with Crippen LogP contribution in [0, 0.1) is 0 Å². The fourth-order valence-corrected chi connectivity index (χ4v) is 2.48. The number of thioether (sulfide) groups is 1. The molecule has 0 saturated carbocycles. The predicted octanol–water partition coefficient (Wildman–Crippen LogP) is 3.62. The van der Waals surface area contributed by atoms with Crippen molar-refractivity contribution in [3.05, 3.63) is 65.7 Å². The van der Waals surface area contributed by atoms with E-state index in [4.69, 9.17) is 0 Å². The summed E-state index contributed by atoms with van der Waals surface area (Å²) in [5.74, 6) is 0. The lowest BCUT2D eigenvalue weighted by Crippen LogP contribution is -2.31. The Bertz CT molecular complexity index is 512. The quantitative estimate of drug-likeness (QED) is 0.796. The van der Waals surface area contributed by atoms with Crippen molar-refractivity contribution in [2.45, 2.75) is 30.5 Å². The molecule has 0 unspecified atom stereocenters. The van der Waals surface area contributed by atoms with Crippen LogP contribution >= 0.6 is 11.8 Å². The summed E-state index contributed by atoms with van der Waals surface area (Å²) < 4.78 is 0. The number of benzene rings is 2. The predicted molar refractivity (Wildman–Crippen MR) is 85.9 cm³/mol. The Morgan fingerprint density at radius 2 is 1.70 bits per heavy atom. The van der Waals surface area contributed by atoms with Gasteiger partial charge in [-0.3, -0.25) is 0 Å². The molecule has 0 radical (unpaired) electrons. The minimum Gasteiger partial charge on any atom is -0.387 e. The second-order valence-corrected chi connectivity index (χ2v) is 5.75. The van der Waals surface area contributed by atoms with Crippen molar-refractivity contribution < 1.29 is 5.11 Å². The zero-order chi connectivity index (χ0) is 14.4. The van der Waals surface area contributed by atoms with E-state index >= 15 is 0 Å². The Kier molecular flexibility index (Phi) is 5.65. The first kappa shape index (κ1) is 15.1. The normalized spacial score (nSPS) is 13.9. The Balaban J connectivity index is 1.89. The van der Waals surface area contributed by atoms with Crippen LogP contribution in [-0.2, 0) is 6.54 Å². The second-order valence-electron chi connectivity index (χ2n) is 4.87. The maximum absolute atomic E-state index is 10.3. The number of rotatable bonds is 6. The molecule has 0 saturated heterocycles. The number of hydrogen-bond donors (Lipinski definition) is 2. The summed E-state index contributed by atoms with van der Waals surface area (Å²) in [7, 11) is 0. The zero-order valence-electron chi connectivity index (χ0n) is 11.9. The van der Waals surface area contributed by atoms with Crippen molar-refractivity contribution in [1.82, 2.24) is 5.32 Å². The smallest absolute Gasteiger partial charge is 0.0940 e. The van der Waals surface area contributed by atoms with Gasteiger partial charge in [-0.15, -0.1) is 11.8 Å². The monoisotopic (exact) mass is 287 g/mol. The van der Waals surface area contributed by atoms with Crippen molar-refractivity contribution in [2.75, 3.05) is 6.26 Å². The van der Waals surface area contributed by atoms with E-state index in [9.17, 15) is 5.11 Å². The van der Waals surface area contributed by atoms with Crippen LogP contribution in [0.5, 0.6) is 0 Å². The van der Waals surface area contributed by atoms with Crippen molar-refractivity contribution in [1.29, 1.82) is 0 Å². The van der Waals surface area contributed by atoms with Crippen LogP contribution in [-0.4, -0.2) is 17.4 Å². The molecule has 0 aliphatic heterocycles. The molecular weight excluding hydrogens is 266 g/mol. The topological polar surface area (TPSA) is 32.3 Å². The van der Waals surface area contributed by atoms with Crippen LogP contribution in [0.3, 0.4) is 0 Å². The zero-order valence-corrected chi connectivity index (χ0v) is 12.7. The lowest BCUT2D eigenvalue weighted by Gasteiger charge is -2.20. The second kappa shape index (κ2) is 7.48. The van der Waals surface area contributed by atoms with E-state index in [1.165, 1.54) is 10.5 Å². The summed E-state index contributed by atoms with van der Waals surface area (Å²) in [6.45, 7) is 2.77. The highest BCUT2D eigenvalue weighted by Gasteiger charge is 2.15. The molecule has 2 N–H and O–H groups in total. The molecule has 0 bridgehead atoms. The molecule has 0 amide bonds. The van der Waals surface area contributed by atoms with Gasteiger partial charge in [-0.25, -0.2) is 0 Å². The van der Waals surface area contributed by atoms with E-state index in [-0.39, 0.29) is 6.04 Å². The van der Waals surface area contributed by atoms with E-state index in [2.05, 4.69) is 35.8 Å². The van der Waals surface area contributed by atoms with Crippen LogP contribution in [0.25, 0.3) is 0 Å². The summed E-state index contributed by atoms with van der Waals surface area (Å²) in [4.78, 5) is 1.27. The first-order valence-electron chi connectivity index (χ1n) is 6.80. The number of nitrogens with one attached hydrogen (secondary N) is 1. The molecule has 20 heavy (non-hydrogen) atoms. The Morgan fingerprint density at radius 1 is 1.05 bits per heavy atom. The molecule has 2 aromatic rings. The Hall–Kier alpha value is -1.29. The van der Waals surface area contributed by atoms with Crippen LogP contribution in [0.2, 0.25) is 0 Å². The molecule has 0 heterocycles. The third kappa shape index (κ3) is 4.10. The van der Waals surface area contributed by atoms with Crippen LogP contribution in [0.1, 0.15) is 24.2 Å². The highest BCUT2D eigenvalue weighted by Crippen LogP contribution is 2.17. The van der Waals surface area contributed by atoms with Gasteiger partial charge >= 0.3 is 0 Å². The third-order valence-corrected chi connectivity index (χ3v) is 4.15. The SMILES string of the molecule is CSc1ccc(CN[C@H](C)[C@@H](O)c2ccccc2)cc1. The largest absolute Gasteiger partial charge is 0.387 e. The molecule has 2 atom stereocenters. The van der Waals surface area contributed by atoms with E-state index in [1.54, 1.807) is 11.8 Å². The van der Waals surface area contributed by atoms with E-state index in [0.29, 0.717) is 0 Å². The summed E-state index contributed by atoms with van der Waals surface area (Å²) in [5.41, 5.74) is 2.18. The molecular formula is C17H21NOS. The summed E-state index contributed by atoms with van der Waals surface area (Å²) >= 11 is 1.74. The number of aliphatic hydroxyl groups is 1. The van der Waals surface area contributed by atoms with E-state index in [0.717, 1.165) is 12.1 Å². The van der Waals surface area contributed by atoms with Gasteiger partial charge in [0.15, 0.2) is 0 Å². The maximum atomic E-state index is 10.3. The van der Waals surface area contributed by atoms with Crippen molar-refractivity contribution in [3.8, 4) is 0 Å². The van der Waals surface area contributed by atoms with E-state index in [1.807, 2.05) is 37.3 Å². The van der Waals surface area contributed by atoms with Crippen LogP contribution in [0.15, 0.2) is 59.5 Å². The van der Waals surface area contributed by atoms with Gasteiger partial charge in [0.1, 0.15) is 0 Å². The van der Waals surface area contributed by atoms with E-state index < -0.39 is 6.10 Å². The van der Waals surface area contributed by atoms with Crippen molar-refractivity contribution >= 4 is 11.8 Å². The minimum absolute atomic E-state index is 0.0117. The number of aliphatic hydroxyl groups excluding tert-OH is 1. The van der Waals surface area contributed by atoms with Gasteiger partial charge in [0.2, 0.25) is 0 Å². The molecule has 2 aromatic carbocycles.